The quantitative estimate of drug-likeness (QED) is 0.583. The van der Waals surface area contributed by atoms with Crippen LogP contribution in [0.3, 0.4) is 0 Å². The Morgan fingerprint density at radius 1 is 1.27 bits per heavy atom. The zero-order chi connectivity index (χ0) is 7.84. The second-order valence-electron chi connectivity index (χ2n) is 3.64. The van der Waals surface area contributed by atoms with Gasteiger partial charge in [0.2, 0.25) is 0 Å². The molecular formula is C8H13NO2. The van der Waals surface area contributed by atoms with Crippen LogP contribution in [-0.4, -0.2) is 23.2 Å². The number of aliphatic carboxylic acids is 1. The molecule has 2 N–H and O–H groups in total. The van der Waals surface area contributed by atoms with Gasteiger partial charge in [-0.1, -0.05) is 0 Å². The molecule has 2 bridgehead atoms. The molecule has 0 aromatic rings. The minimum Gasteiger partial charge on any atom is -0.481 e. The molecule has 0 aromatic heterocycles. The Morgan fingerprint density at radius 2 is 1.82 bits per heavy atom. The Hall–Kier alpha value is -0.570. The monoisotopic (exact) mass is 155 g/mol. The van der Waals surface area contributed by atoms with Gasteiger partial charge in [0.15, 0.2) is 0 Å². The molecule has 0 amide bonds. The molecule has 2 rings (SSSR count). The summed E-state index contributed by atoms with van der Waals surface area (Å²) in [5.74, 6) is -0.683. The van der Waals surface area contributed by atoms with Crippen molar-refractivity contribution in [3.05, 3.63) is 0 Å². The second-order valence-corrected chi connectivity index (χ2v) is 3.64. The topological polar surface area (TPSA) is 49.3 Å². The summed E-state index contributed by atoms with van der Waals surface area (Å²) in [5, 5.41) is 12.2. The second kappa shape index (κ2) is 2.48. The molecule has 0 spiro atoms. The molecule has 62 valence electrons. The number of fused-ring (bicyclic) bond motifs is 2. The predicted octanol–water partition coefficient (Wildman–Crippen LogP) is 0.602. The van der Waals surface area contributed by atoms with Crippen molar-refractivity contribution in [1.29, 1.82) is 0 Å². The Balaban J connectivity index is 2.02. The molecule has 11 heavy (non-hydrogen) atoms. The molecule has 2 fully saturated rings. The van der Waals surface area contributed by atoms with E-state index in [4.69, 9.17) is 5.11 Å². The highest BCUT2D eigenvalue weighted by Crippen LogP contribution is 2.30. The molecule has 0 radical (unpaired) electrons. The number of rotatable bonds is 1. The van der Waals surface area contributed by atoms with E-state index in [1.165, 1.54) is 12.8 Å². The summed E-state index contributed by atoms with van der Waals surface area (Å²) in [6.45, 7) is 0. The molecule has 0 aromatic carbocycles. The Kier molecular flexibility index (Phi) is 1.60. The van der Waals surface area contributed by atoms with E-state index in [0.717, 1.165) is 12.8 Å². The minimum absolute atomic E-state index is 0.0752. The first-order chi connectivity index (χ1) is 5.25. The third-order valence-electron chi connectivity index (χ3n) is 2.82. The first-order valence-electron chi connectivity index (χ1n) is 4.24. The van der Waals surface area contributed by atoms with Crippen LogP contribution < -0.4 is 5.32 Å². The summed E-state index contributed by atoms with van der Waals surface area (Å²) in [7, 11) is 0. The highest BCUT2D eigenvalue weighted by molar-refractivity contribution is 5.70. The lowest BCUT2D eigenvalue weighted by Gasteiger charge is -2.25. The van der Waals surface area contributed by atoms with Crippen molar-refractivity contribution in [2.75, 3.05) is 0 Å². The van der Waals surface area contributed by atoms with E-state index in [1.54, 1.807) is 0 Å². The van der Waals surface area contributed by atoms with E-state index in [2.05, 4.69) is 5.32 Å². The number of nitrogens with one attached hydrogen (secondary N) is 1. The van der Waals surface area contributed by atoms with E-state index in [9.17, 15) is 4.79 Å². The fourth-order valence-electron chi connectivity index (χ4n) is 2.26. The van der Waals surface area contributed by atoms with E-state index in [-0.39, 0.29) is 5.92 Å². The van der Waals surface area contributed by atoms with Crippen molar-refractivity contribution in [3.63, 3.8) is 0 Å². The van der Waals surface area contributed by atoms with Crippen LogP contribution in [0.4, 0.5) is 0 Å². The number of carbonyl (C=O) groups is 1. The SMILES string of the molecule is O=C(O)C1C[C@H]2CC[C@@H](C1)N2. The molecular weight excluding hydrogens is 142 g/mol. The van der Waals surface area contributed by atoms with Crippen LogP contribution in [-0.2, 0) is 4.79 Å². The smallest absolute Gasteiger partial charge is 0.306 e. The van der Waals surface area contributed by atoms with Gasteiger partial charge in [0, 0.05) is 12.1 Å². The summed E-state index contributed by atoms with van der Waals surface area (Å²) in [6.07, 6.45) is 4.03. The van der Waals surface area contributed by atoms with E-state index >= 15 is 0 Å². The van der Waals surface area contributed by atoms with Gasteiger partial charge < -0.3 is 10.4 Å². The number of piperidine rings is 1. The lowest BCUT2D eigenvalue weighted by Crippen LogP contribution is -2.40. The Labute approximate surface area is 65.8 Å². The largest absolute Gasteiger partial charge is 0.481 e. The molecule has 2 heterocycles. The first kappa shape index (κ1) is 7.10. The van der Waals surface area contributed by atoms with Gasteiger partial charge in [0.05, 0.1) is 5.92 Å². The number of hydrogen-bond donors (Lipinski definition) is 2. The van der Waals surface area contributed by atoms with Crippen LogP contribution in [0.5, 0.6) is 0 Å². The zero-order valence-electron chi connectivity index (χ0n) is 6.42. The molecule has 2 saturated heterocycles. The Bertz CT molecular complexity index is 169. The molecule has 0 saturated carbocycles. The van der Waals surface area contributed by atoms with Crippen molar-refractivity contribution in [2.24, 2.45) is 5.92 Å². The molecule has 1 unspecified atom stereocenters. The Morgan fingerprint density at radius 3 is 2.27 bits per heavy atom. The molecule has 3 heteroatoms. The van der Waals surface area contributed by atoms with Crippen LogP contribution in [0, 0.1) is 5.92 Å². The number of carboxylic acids is 1. The lowest BCUT2D eigenvalue weighted by molar-refractivity contribution is -0.143. The molecule has 2 aliphatic heterocycles. The molecule has 0 aliphatic carbocycles. The summed E-state index contributed by atoms with van der Waals surface area (Å²) in [4.78, 5) is 10.6. The van der Waals surface area contributed by atoms with Crippen LogP contribution in [0.15, 0.2) is 0 Å². The third kappa shape index (κ3) is 1.25. The average Bonchev–Trinajstić information content (AvgIpc) is 2.30. The van der Waals surface area contributed by atoms with E-state index in [0.29, 0.717) is 12.1 Å². The summed E-state index contributed by atoms with van der Waals surface area (Å²) in [6, 6.07) is 0.990. The van der Waals surface area contributed by atoms with Crippen molar-refractivity contribution in [1.82, 2.24) is 5.32 Å². The summed E-state index contributed by atoms with van der Waals surface area (Å²) < 4.78 is 0. The van der Waals surface area contributed by atoms with Crippen LogP contribution >= 0.6 is 0 Å². The zero-order valence-corrected chi connectivity index (χ0v) is 6.42. The van der Waals surface area contributed by atoms with Crippen molar-refractivity contribution >= 4 is 5.97 Å². The van der Waals surface area contributed by atoms with Gasteiger partial charge in [-0.3, -0.25) is 4.79 Å². The van der Waals surface area contributed by atoms with Crippen molar-refractivity contribution in [3.8, 4) is 0 Å². The van der Waals surface area contributed by atoms with Crippen LogP contribution in [0.1, 0.15) is 25.7 Å². The first-order valence-corrected chi connectivity index (χ1v) is 4.24. The van der Waals surface area contributed by atoms with Crippen LogP contribution in [0.2, 0.25) is 0 Å². The fourth-order valence-corrected chi connectivity index (χ4v) is 2.26. The van der Waals surface area contributed by atoms with E-state index < -0.39 is 5.97 Å². The minimum atomic E-state index is -0.608. The molecule has 3 nitrogen and oxygen atoms in total. The molecule has 2 aliphatic rings. The van der Waals surface area contributed by atoms with Gasteiger partial charge >= 0.3 is 5.97 Å². The normalized spacial score (nSPS) is 42.4. The van der Waals surface area contributed by atoms with Gasteiger partial charge in [-0.15, -0.1) is 0 Å². The third-order valence-corrected chi connectivity index (χ3v) is 2.82. The maximum absolute atomic E-state index is 10.6. The highest BCUT2D eigenvalue weighted by atomic mass is 16.4. The van der Waals surface area contributed by atoms with Gasteiger partial charge in [0.25, 0.3) is 0 Å². The summed E-state index contributed by atoms with van der Waals surface area (Å²) in [5.41, 5.74) is 0. The highest BCUT2D eigenvalue weighted by Gasteiger charge is 2.36. The maximum atomic E-state index is 10.6. The average molecular weight is 155 g/mol. The summed E-state index contributed by atoms with van der Waals surface area (Å²) >= 11 is 0. The maximum Gasteiger partial charge on any atom is 0.306 e. The van der Waals surface area contributed by atoms with Gasteiger partial charge in [0.1, 0.15) is 0 Å². The van der Waals surface area contributed by atoms with E-state index in [1.807, 2.05) is 0 Å². The standard InChI is InChI=1S/C8H13NO2/c10-8(11)5-3-6-1-2-7(4-5)9-6/h5-7,9H,1-4H2,(H,10,11)/t5?,6-,7+. The number of carboxylic acid groups (broad SMARTS) is 1. The predicted molar refractivity (Wildman–Crippen MR) is 40.3 cm³/mol. The van der Waals surface area contributed by atoms with Gasteiger partial charge in [-0.05, 0) is 25.7 Å². The molecule has 3 atom stereocenters. The van der Waals surface area contributed by atoms with Gasteiger partial charge in [-0.2, -0.15) is 0 Å². The lowest BCUT2D eigenvalue weighted by atomic mass is 9.93. The van der Waals surface area contributed by atoms with Crippen LogP contribution in [0.25, 0.3) is 0 Å². The van der Waals surface area contributed by atoms with Crippen molar-refractivity contribution in [2.45, 2.75) is 37.8 Å². The number of hydrogen-bond acceptors (Lipinski definition) is 2. The van der Waals surface area contributed by atoms with Crippen molar-refractivity contribution < 1.29 is 9.90 Å². The fraction of sp³-hybridized carbons (Fsp3) is 0.875. The van der Waals surface area contributed by atoms with Gasteiger partial charge in [-0.25, -0.2) is 0 Å².